The van der Waals surface area contributed by atoms with E-state index in [2.05, 4.69) is 6.92 Å². The van der Waals surface area contributed by atoms with E-state index >= 15 is 0 Å². The fourth-order valence-electron chi connectivity index (χ4n) is 2.49. The zero-order chi connectivity index (χ0) is 13.9. The Morgan fingerprint density at radius 3 is 2.32 bits per heavy atom. The number of aliphatic carboxylic acids is 1. The van der Waals surface area contributed by atoms with Gasteiger partial charge in [0.2, 0.25) is 0 Å². The molecule has 0 aliphatic rings. The minimum absolute atomic E-state index is 0.171. The molecule has 0 radical (unpaired) electrons. The standard InChI is InChI=1S/C17H26O2/c1-2-3-4-5-6-8-13-16(14-17(18)19)15-11-9-7-10-12-15/h7,9-12,16H,2-6,8,13-14H2,1H3,(H,18,19). The number of carboxylic acid groups (broad SMARTS) is 1. The van der Waals surface area contributed by atoms with Gasteiger partial charge < -0.3 is 5.11 Å². The van der Waals surface area contributed by atoms with Crippen molar-refractivity contribution in [2.45, 2.75) is 64.2 Å². The number of carboxylic acids is 1. The Balaban J connectivity index is 2.36. The summed E-state index contributed by atoms with van der Waals surface area (Å²) in [4.78, 5) is 11.0. The van der Waals surface area contributed by atoms with Crippen LogP contribution in [0.15, 0.2) is 30.3 Å². The van der Waals surface area contributed by atoms with Gasteiger partial charge in [-0.05, 0) is 17.9 Å². The predicted molar refractivity (Wildman–Crippen MR) is 79.4 cm³/mol. The highest BCUT2D eigenvalue weighted by molar-refractivity contribution is 5.68. The topological polar surface area (TPSA) is 37.3 Å². The van der Waals surface area contributed by atoms with Crippen LogP contribution < -0.4 is 0 Å². The molecule has 0 saturated heterocycles. The lowest BCUT2D eigenvalue weighted by atomic mass is 9.90. The van der Waals surface area contributed by atoms with Crippen molar-refractivity contribution >= 4 is 5.97 Å². The van der Waals surface area contributed by atoms with Crippen molar-refractivity contribution in [3.05, 3.63) is 35.9 Å². The molecule has 0 spiro atoms. The molecule has 0 heterocycles. The van der Waals surface area contributed by atoms with Gasteiger partial charge in [0.05, 0.1) is 6.42 Å². The number of rotatable bonds is 10. The molecule has 2 heteroatoms. The maximum Gasteiger partial charge on any atom is 0.303 e. The summed E-state index contributed by atoms with van der Waals surface area (Å²) in [7, 11) is 0. The smallest absolute Gasteiger partial charge is 0.303 e. The average molecular weight is 262 g/mol. The molecular weight excluding hydrogens is 236 g/mol. The van der Waals surface area contributed by atoms with E-state index in [0.717, 1.165) is 12.8 Å². The predicted octanol–water partition coefficient (Wildman–Crippen LogP) is 5.00. The lowest BCUT2D eigenvalue weighted by Gasteiger charge is -2.15. The molecule has 2 nitrogen and oxygen atoms in total. The van der Waals surface area contributed by atoms with Crippen molar-refractivity contribution in [1.29, 1.82) is 0 Å². The van der Waals surface area contributed by atoms with E-state index in [9.17, 15) is 4.79 Å². The van der Waals surface area contributed by atoms with Crippen LogP contribution >= 0.6 is 0 Å². The second-order valence-corrected chi connectivity index (χ2v) is 5.26. The summed E-state index contributed by atoms with van der Waals surface area (Å²) in [5.41, 5.74) is 1.17. The molecule has 0 fully saturated rings. The van der Waals surface area contributed by atoms with Crippen LogP contribution in [0.2, 0.25) is 0 Å². The lowest BCUT2D eigenvalue weighted by Crippen LogP contribution is -2.06. The molecule has 0 saturated carbocycles. The molecule has 0 amide bonds. The van der Waals surface area contributed by atoms with E-state index in [0.29, 0.717) is 0 Å². The van der Waals surface area contributed by atoms with Gasteiger partial charge in [-0.3, -0.25) is 4.79 Å². The summed E-state index contributed by atoms with van der Waals surface area (Å²) >= 11 is 0. The quantitative estimate of drug-likeness (QED) is 0.603. The van der Waals surface area contributed by atoms with Crippen LogP contribution in [0.4, 0.5) is 0 Å². The molecule has 1 aromatic rings. The third-order valence-electron chi connectivity index (χ3n) is 3.60. The first-order chi connectivity index (χ1) is 9.24. The molecule has 0 aliphatic carbocycles. The van der Waals surface area contributed by atoms with Gasteiger partial charge in [0.15, 0.2) is 0 Å². The molecule has 19 heavy (non-hydrogen) atoms. The van der Waals surface area contributed by atoms with Gasteiger partial charge in [0, 0.05) is 0 Å². The molecule has 1 N–H and O–H groups in total. The molecule has 1 rings (SSSR count). The Kier molecular flexibility index (Phi) is 7.95. The zero-order valence-electron chi connectivity index (χ0n) is 12.0. The monoisotopic (exact) mass is 262 g/mol. The third-order valence-corrected chi connectivity index (χ3v) is 3.60. The van der Waals surface area contributed by atoms with Gasteiger partial charge >= 0.3 is 5.97 Å². The van der Waals surface area contributed by atoms with E-state index in [4.69, 9.17) is 5.11 Å². The summed E-state index contributed by atoms with van der Waals surface area (Å²) in [6, 6.07) is 10.1. The van der Waals surface area contributed by atoms with Crippen LogP contribution in [0.1, 0.15) is 69.8 Å². The second kappa shape index (κ2) is 9.60. The highest BCUT2D eigenvalue weighted by Crippen LogP contribution is 2.26. The van der Waals surface area contributed by atoms with Crippen LogP contribution in [0.3, 0.4) is 0 Å². The summed E-state index contributed by atoms with van der Waals surface area (Å²) in [6.07, 6.45) is 8.78. The Labute approximate surface area is 116 Å². The highest BCUT2D eigenvalue weighted by Gasteiger charge is 2.14. The van der Waals surface area contributed by atoms with Crippen molar-refractivity contribution < 1.29 is 9.90 Å². The Bertz CT molecular complexity index is 346. The SMILES string of the molecule is CCCCCCCCC(CC(=O)O)c1ccccc1. The maximum absolute atomic E-state index is 11.0. The van der Waals surface area contributed by atoms with Gasteiger partial charge in [-0.25, -0.2) is 0 Å². The minimum atomic E-state index is -0.695. The first kappa shape index (κ1) is 15.7. The molecule has 1 unspecified atom stereocenters. The first-order valence-corrected chi connectivity index (χ1v) is 7.50. The van der Waals surface area contributed by atoms with E-state index in [1.165, 1.54) is 37.7 Å². The number of hydrogen-bond donors (Lipinski definition) is 1. The first-order valence-electron chi connectivity index (χ1n) is 7.50. The Hall–Kier alpha value is -1.31. The molecule has 0 bridgehead atoms. The second-order valence-electron chi connectivity index (χ2n) is 5.26. The Morgan fingerprint density at radius 1 is 1.05 bits per heavy atom. The summed E-state index contributed by atoms with van der Waals surface area (Å²) < 4.78 is 0. The minimum Gasteiger partial charge on any atom is -0.481 e. The van der Waals surface area contributed by atoms with Crippen LogP contribution in [0.25, 0.3) is 0 Å². The Morgan fingerprint density at radius 2 is 1.68 bits per heavy atom. The number of carbonyl (C=O) groups is 1. The maximum atomic E-state index is 11.0. The summed E-state index contributed by atoms with van der Waals surface area (Å²) in [5, 5.41) is 9.02. The van der Waals surface area contributed by atoms with Gasteiger partial charge in [0.25, 0.3) is 0 Å². The van der Waals surface area contributed by atoms with E-state index in [-0.39, 0.29) is 12.3 Å². The summed E-state index contributed by atoms with van der Waals surface area (Å²) in [6.45, 7) is 2.22. The number of unbranched alkanes of at least 4 members (excludes halogenated alkanes) is 5. The third kappa shape index (κ3) is 7.00. The fraction of sp³-hybridized carbons (Fsp3) is 0.588. The van der Waals surface area contributed by atoms with E-state index in [1.807, 2.05) is 30.3 Å². The molecule has 1 atom stereocenters. The van der Waals surface area contributed by atoms with Gasteiger partial charge in [-0.2, -0.15) is 0 Å². The fourth-order valence-corrected chi connectivity index (χ4v) is 2.49. The largest absolute Gasteiger partial charge is 0.481 e. The molecule has 1 aromatic carbocycles. The average Bonchev–Trinajstić information content (AvgIpc) is 2.42. The zero-order valence-corrected chi connectivity index (χ0v) is 12.0. The van der Waals surface area contributed by atoms with Crippen LogP contribution in [0, 0.1) is 0 Å². The molecule has 106 valence electrons. The van der Waals surface area contributed by atoms with Crippen molar-refractivity contribution in [1.82, 2.24) is 0 Å². The van der Waals surface area contributed by atoms with Crippen molar-refractivity contribution in [3.63, 3.8) is 0 Å². The summed E-state index contributed by atoms with van der Waals surface area (Å²) in [5.74, 6) is -0.523. The van der Waals surface area contributed by atoms with Crippen LogP contribution in [-0.2, 0) is 4.79 Å². The van der Waals surface area contributed by atoms with Crippen LogP contribution in [-0.4, -0.2) is 11.1 Å². The number of hydrogen-bond acceptors (Lipinski definition) is 1. The molecular formula is C17H26O2. The van der Waals surface area contributed by atoms with Gasteiger partial charge in [-0.1, -0.05) is 75.8 Å². The van der Waals surface area contributed by atoms with Crippen LogP contribution in [0.5, 0.6) is 0 Å². The number of benzene rings is 1. The van der Waals surface area contributed by atoms with Crippen molar-refractivity contribution in [3.8, 4) is 0 Å². The molecule has 0 aromatic heterocycles. The van der Waals surface area contributed by atoms with Crippen molar-refractivity contribution in [2.24, 2.45) is 0 Å². The van der Waals surface area contributed by atoms with Gasteiger partial charge in [-0.15, -0.1) is 0 Å². The normalized spacial score (nSPS) is 12.3. The molecule has 0 aliphatic heterocycles. The van der Waals surface area contributed by atoms with E-state index in [1.54, 1.807) is 0 Å². The van der Waals surface area contributed by atoms with E-state index < -0.39 is 5.97 Å². The lowest BCUT2D eigenvalue weighted by molar-refractivity contribution is -0.137. The van der Waals surface area contributed by atoms with Gasteiger partial charge in [0.1, 0.15) is 0 Å². The highest BCUT2D eigenvalue weighted by atomic mass is 16.4. The van der Waals surface area contributed by atoms with Crippen molar-refractivity contribution in [2.75, 3.05) is 0 Å².